The number of rotatable bonds is 3. The first-order chi connectivity index (χ1) is 14.3. The van der Waals surface area contributed by atoms with Crippen molar-refractivity contribution < 1.29 is 27.4 Å². The number of hydrogen-bond donors (Lipinski definition) is 1. The summed E-state index contributed by atoms with van der Waals surface area (Å²) in [6.45, 7) is 2.85. The molecule has 30 heavy (non-hydrogen) atoms. The third-order valence-electron chi connectivity index (χ3n) is 5.23. The van der Waals surface area contributed by atoms with Crippen molar-refractivity contribution in [2.24, 2.45) is 0 Å². The third-order valence-corrected chi connectivity index (χ3v) is 5.23. The standard InChI is InChI=1S/C21H22F3N3O3/c1-26-8-10-27(11-9-26)16-7-6-14(21(22,23)24)12-15(16)25-20(28)19-13-29-17-4-2-3-5-18(17)30-19/h2-7,12,19H,8-11,13H2,1H3,(H,25,28). The van der Waals surface area contributed by atoms with Gasteiger partial charge in [-0.15, -0.1) is 0 Å². The third kappa shape index (κ3) is 4.30. The summed E-state index contributed by atoms with van der Waals surface area (Å²) in [4.78, 5) is 16.9. The molecule has 0 aliphatic carbocycles. The fraction of sp³-hybridized carbons (Fsp3) is 0.381. The van der Waals surface area contributed by atoms with Crippen LogP contribution in [0.5, 0.6) is 11.5 Å². The fourth-order valence-electron chi connectivity index (χ4n) is 3.50. The predicted octanol–water partition coefficient (Wildman–Crippen LogP) is 3.24. The molecule has 1 atom stereocenters. The topological polar surface area (TPSA) is 54.0 Å². The first-order valence-corrected chi connectivity index (χ1v) is 9.65. The molecule has 9 heteroatoms. The maximum Gasteiger partial charge on any atom is 0.416 e. The van der Waals surface area contributed by atoms with E-state index in [4.69, 9.17) is 9.47 Å². The van der Waals surface area contributed by atoms with Gasteiger partial charge in [-0.1, -0.05) is 12.1 Å². The van der Waals surface area contributed by atoms with Gasteiger partial charge in [-0.3, -0.25) is 4.79 Å². The van der Waals surface area contributed by atoms with Crippen LogP contribution in [-0.2, 0) is 11.0 Å². The van der Waals surface area contributed by atoms with Gasteiger partial charge in [0.25, 0.3) is 5.91 Å². The van der Waals surface area contributed by atoms with E-state index in [1.54, 1.807) is 24.3 Å². The minimum Gasteiger partial charge on any atom is -0.485 e. The fourth-order valence-corrected chi connectivity index (χ4v) is 3.50. The molecule has 1 N–H and O–H groups in total. The van der Waals surface area contributed by atoms with Crippen molar-refractivity contribution in [1.29, 1.82) is 0 Å². The molecule has 2 aromatic carbocycles. The van der Waals surface area contributed by atoms with Crippen LogP contribution in [0.1, 0.15) is 5.56 Å². The molecule has 2 aliphatic rings. The quantitative estimate of drug-likeness (QED) is 0.825. The van der Waals surface area contributed by atoms with Gasteiger partial charge in [0, 0.05) is 26.2 Å². The molecule has 2 heterocycles. The van der Waals surface area contributed by atoms with E-state index >= 15 is 0 Å². The molecular weight excluding hydrogens is 399 g/mol. The van der Waals surface area contributed by atoms with E-state index in [1.165, 1.54) is 6.07 Å². The van der Waals surface area contributed by atoms with Crippen LogP contribution in [0.4, 0.5) is 24.5 Å². The van der Waals surface area contributed by atoms with Gasteiger partial charge in [-0.25, -0.2) is 0 Å². The summed E-state index contributed by atoms with van der Waals surface area (Å²) < 4.78 is 51.1. The smallest absolute Gasteiger partial charge is 0.416 e. The van der Waals surface area contributed by atoms with Crippen LogP contribution >= 0.6 is 0 Å². The maximum atomic E-state index is 13.3. The van der Waals surface area contributed by atoms with Crippen LogP contribution < -0.4 is 19.7 Å². The Morgan fingerprint density at radius 2 is 1.77 bits per heavy atom. The molecular formula is C21H22F3N3O3. The van der Waals surface area contributed by atoms with Crippen LogP contribution in [0.15, 0.2) is 42.5 Å². The minimum absolute atomic E-state index is 0.0222. The number of fused-ring (bicyclic) bond motifs is 1. The van der Waals surface area contributed by atoms with Crippen molar-refractivity contribution in [3.05, 3.63) is 48.0 Å². The van der Waals surface area contributed by atoms with Gasteiger partial charge in [-0.2, -0.15) is 13.2 Å². The zero-order valence-electron chi connectivity index (χ0n) is 16.4. The van der Waals surface area contributed by atoms with Crippen molar-refractivity contribution in [3.63, 3.8) is 0 Å². The normalized spacial score (nSPS) is 19.5. The first kappa shape index (κ1) is 20.3. The second-order valence-corrected chi connectivity index (χ2v) is 7.37. The van der Waals surface area contributed by atoms with Crippen molar-refractivity contribution >= 4 is 17.3 Å². The number of carbonyl (C=O) groups is 1. The zero-order chi connectivity index (χ0) is 21.3. The number of nitrogens with zero attached hydrogens (tertiary/aromatic N) is 2. The molecule has 4 rings (SSSR count). The molecule has 1 amide bonds. The lowest BCUT2D eigenvalue weighted by atomic mass is 10.1. The SMILES string of the molecule is CN1CCN(c2ccc(C(F)(F)F)cc2NC(=O)C2COc3ccccc3O2)CC1. The molecule has 0 radical (unpaired) electrons. The van der Waals surface area contributed by atoms with E-state index in [1.807, 2.05) is 11.9 Å². The average Bonchev–Trinajstić information content (AvgIpc) is 2.73. The molecule has 0 bridgehead atoms. The Bertz CT molecular complexity index is 927. The Labute approximate surface area is 172 Å². The highest BCUT2D eigenvalue weighted by molar-refractivity contribution is 5.98. The lowest BCUT2D eigenvalue weighted by Gasteiger charge is -2.35. The number of halogens is 3. The number of alkyl halides is 3. The molecule has 2 aliphatic heterocycles. The monoisotopic (exact) mass is 421 g/mol. The average molecular weight is 421 g/mol. The van der Waals surface area contributed by atoms with Crippen LogP contribution in [-0.4, -0.2) is 56.7 Å². The van der Waals surface area contributed by atoms with Gasteiger partial charge < -0.3 is 24.6 Å². The molecule has 0 aromatic heterocycles. The van der Waals surface area contributed by atoms with Crippen molar-refractivity contribution in [1.82, 2.24) is 4.90 Å². The predicted molar refractivity (Wildman–Crippen MR) is 106 cm³/mol. The first-order valence-electron chi connectivity index (χ1n) is 9.65. The van der Waals surface area contributed by atoms with Gasteiger partial charge in [0.1, 0.15) is 6.61 Å². The van der Waals surface area contributed by atoms with E-state index in [9.17, 15) is 18.0 Å². The van der Waals surface area contributed by atoms with E-state index < -0.39 is 23.8 Å². The van der Waals surface area contributed by atoms with Crippen molar-refractivity contribution in [2.45, 2.75) is 12.3 Å². The zero-order valence-corrected chi connectivity index (χ0v) is 16.4. The highest BCUT2D eigenvalue weighted by atomic mass is 19.4. The number of para-hydroxylation sites is 2. The van der Waals surface area contributed by atoms with Crippen molar-refractivity contribution in [3.8, 4) is 11.5 Å². The maximum absolute atomic E-state index is 13.3. The number of nitrogens with one attached hydrogen (secondary N) is 1. The summed E-state index contributed by atoms with van der Waals surface area (Å²) in [6, 6.07) is 10.4. The molecule has 0 saturated carbocycles. The van der Waals surface area contributed by atoms with Gasteiger partial charge >= 0.3 is 6.18 Å². The van der Waals surface area contributed by atoms with Crippen LogP contribution in [0, 0.1) is 0 Å². The van der Waals surface area contributed by atoms with Crippen LogP contribution in [0.25, 0.3) is 0 Å². The largest absolute Gasteiger partial charge is 0.485 e. The lowest BCUT2D eigenvalue weighted by Crippen LogP contribution is -2.45. The second kappa shape index (κ2) is 8.06. The molecule has 2 aromatic rings. The number of piperazine rings is 1. The summed E-state index contributed by atoms with van der Waals surface area (Å²) in [5.41, 5.74) is -0.148. The van der Waals surface area contributed by atoms with Crippen LogP contribution in [0.3, 0.4) is 0 Å². The number of likely N-dealkylation sites (N-methyl/N-ethyl adjacent to an activating group) is 1. The molecule has 1 fully saturated rings. The van der Waals surface area contributed by atoms with E-state index in [0.29, 0.717) is 30.3 Å². The summed E-state index contributed by atoms with van der Waals surface area (Å²) in [5, 5.41) is 2.63. The number of benzene rings is 2. The highest BCUT2D eigenvalue weighted by Crippen LogP contribution is 2.36. The van der Waals surface area contributed by atoms with Gasteiger partial charge in [0.05, 0.1) is 16.9 Å². The number of anilines is 2. The number of carbonyl (C=O) groups excluding carboxylic acids is 1. The Hall–Kier alpha value is -2.94. The number of hydrogen-bond acceptors (Lipinski definition) is 5. The molecule has 0 spiro atoms. The summed E-state index contributed by atoms with van der Waals surface area (Å²) >= 11 is 0. The molecule has 160 valence electrons. The Morgan fingerprint density at radius 1 is 1.07 bits per heavy atom. The molecule has 6 nitrogen and oxygen atoms in total. The van der Waals surface area contributed by atoms with Gasteiger partial charge in [-0.05, 0) is 37.4 Å². The van der Waals surface area contributed by atoms with E-state index in [0.717, 1.165) is 25.2 Å². The summed E-state index contributed by atoms with van der Waals surface area (Å²) in [6.07, 6.45) is -5.47. The van der Waals surface area contributed by atoms with Gasteiger partial charge in [0.15, 0.2) is 11.5 Å². The van der Waals surface area contributed by atoms with Gasteiger partial charge in [0.2, 0.25) is 6.10 Å². The van der Waals surface area contributed by atoms with Crippen molar-refractivity contribution in [2.75, 3.05) is 50.1 Å². The minimum atomic E-state index is -4.51. The number of ether oxygens (including phenoxy) is 2. The van der Waals surface area contributed by atoms with E-state index in [-0.39, 0.29) is 12.3 Å². The molecule has 1 saturated heterocycles. The Morgan fingerprint density at radius 3 is 2.47 bits per heavy atom. The molecule has 1 unspecified atom stereocenters. The Balaban J connectivity index is 1.57. The Kier molecular flexibility index (Phi) is 5.46. The van der Waals surface area contributed by atoms with Crippen LogP contribution in [0.2, 0.25) is 0 Å². The second-order valence-electron chi connectivity index (χ2n) is 7.37. The van der Waals surface area contributed by atoms with E-state index in [2.05, 4.69) is 10.2 Å². The number of amides is 1. The summed E-state index contributed by atoms with van der Waals surface area (Å²) in [5.74, 6) is 0.394. The summed E-state index contributed by atoms with van der Waals surface area (Å²) in [7, 11) is 1.99. The lowest BCUT2D eigenvalue weighted by molar-refractivity contribution is -0.137. The highest BCUT2D eigenvalue weighted by Gasteiger charge is 2.33.